The number of nitrogens with one attached hydrogen (secondary N) is 1. The van der Waals surface area contributed by atoms with E-state index in [1.165, 1.54) is 3.97 Å². The number of rotatable bonds is 4. The van der Waals surface area contributed by atoms with Crippen LogP contribution in [0, 0.1) is 0 Å². The van der Waals surface area contributed by atoms with Crippen molar-refractivity contribution in [2.45, 2.75) is 23.8 Å². The summed E-state index contributed by atoms with van der Waals surface area (Å²) in [6, 6.07) is 20.3. The third-order valence-electron chi connectivity index (χ3n) is 5.49. The molecule has 148 valence electrons. The molecule has 5 rings (SSSR count). The van der Waals surface area contributed by atoms with Gasteiger partial charge >= 0.3 is 0 Å². The predicted molar refractivity (Wildman–Crippen MR) is 115 cm³/mol. The van der Waals surface area contributed by atoms with E-state index in [-0.39, 0.29) is 6.10 Å². The molecule has 5 nitrogen and oxygen atoms in total. The van der Waals surface area contributed by atoms with Crippen LogP contribution in [0.15, 0.2) is 77.8 Å². The average molecular weight is 407 g/mol. The molecule has 0 aliphatic carbocycles. The quantitative estimate of drug-likeness (QED) is 0.553. The lowest BCUT2D eigenvalue weighted by Gasteiger charge is -2.24. The first-order valence-electron chi connectivity index (χ1n) is 9.85. The topological polar surface area (TPSA) is 60.3 Å². The van der Waals surface area contributed by atoms with E-state index in [2.05, 4.69) is 5.32 Å². The van der Waals surface area contributed by atoms with Gasteiger partial charge in [-0.1, -0.05) is 42.5 Å². The van der Waals surface area contributed by atoms with Gasteiger partial charge in [0.15, 0.2) is 0 Å². The van der Waals surface area contributed by atoms with Gasteiger partial charge in [-0.2, -0.15) is 0 Å². The molecule has 0 amide bonds. The highest BCUT2D eigenvalue weighted by molar-refractivity contribution is 7.90. The largest absolute Gasteiger partial charge is 0.488 e. The van der Waals surface area contributed by atoms with Crippen molar-refractivity contribution in [2.24, 2.45) is 0 Å². The van der Waals surface area contributed by atoms with Crippen molar-refractivity contribution in [3.05, 3.63) is 72.9 Å². The number of nitrogens with zero attached hydrogens (tertiary/aromatic N) is 1. The zero-order chi connectivity index (χ0) is 19.8. The second kappa shape index (κ2) is 7.21. The van der Waals surface area contributed by atoms with Gasteiger partial charge in [0, 0.05) is 23.5 Å². The monoisotopic (exact) mass is 406 g/mol. The Hall–Kier alpha value is -2.83. The van der Waals surface area contributed by atoms with E-state index < -0.39 is 10.0 Å². The number of piperidine rings is 1. The van der Waals surface area contributed by atoms with Crippen molar-refractivity contribution in [1.29, 1.82) is 0 Å². The van der Waals surface area contributed by atoms with E-state index in [9.17, 15) is 8.42 Å². The lowest BCUT2D eigenvalue weighted by molar-refractivity contribution is 0.169. The molecule has 1 N–H and O–H groups in total. The molecule has 0 spiro atoms. The Morgan fingerprint density at radius 1 is 0.931 bits per heavy atom. The predicted octanol–water partition coefficient (Wildman–Crippen LogP) is 4.16. The van der Waals surface area contributed by atoms with Gasteiger partial charge in [0.25, 0.3) is 10.0 Å². The zero-order valence-electron chi connectivity index (χ0n) is 15.9. The van der Waals surface area contributed by atoms with Crippen molar-refractivity contribution in [3.63, 3.8) is 0 Å². The van der Waals surface area contributed by atoms with Gasteiger partial charge in [-0.05, 0) is 49.0 Å². The van der Waals surface area contributed by atoms with E-state index in [0.29, 0.717) is 10.4 Å². The standard InChI is InChI=1S/C23H22N2O3S/c26-29(27,23-12-3-7-17-6-1-2-9-19(17)23)25-15-13-20-21(25)10-4-11-22(20)28-18-8-5-14-24-16-18/h1-4,6-7,9-13,15,18,24H,5,8,14,16H2. The van der Waals surface area contributed by atoms with E-state index in [4.69, 9.17) is 4.74 Å². The Kier molecular flexibility index (Phi) is 4.53. The lowest BCUT2D eigenvalue weighted by atomic mass is 10.1. The molecule has 1 fully saturated rings. The van der Waals surface area contributed by atoms with Crippen LogP contribution in [0.4, 0.5) is 0 Å². The number of benzene rings is 3. The summed E-state index contributed by atoms with van der Waals surface area (Å²) < 4.78 is 34.6. The third kappa shape index (κ3) is 3.18. The second-order valence-corrected chi connectivity index (χ2v) is 9.15. The van der Waals surface area contributed by atoms with E-state index >= 15 is 0 Å². The molecule has 4 aromatic rings. The smallest absolute Gasteiger partial charge is 0.268 e. The number of ether oxygens (including phenoxy) is 1. The molecule has 1 aliphatic rings. The molecule has 0 radical (unpaired) electrons. The minimum Gasteiger partial charge on any atom is -0.488 e. The summed E-state index contributed by atoms with van der Waals surface area (Å²) in [5.74, 6) is 0.725. The summed E-state index contributed by atoms with van der Waals surface area (Å²) in [4.78, 5) is 0.302. The molecule has 3 aromatic carbocycles. The number of hydrogen-bond donors (Lipinski definition) is 1. The Bertz CT molecular complexity index is 1280. The minimum atomic E-state index is -3.75. The third-order valence-corrected chi connectivity index (χ3v) is 7.24. The maximum absolute atomic E-state index is 13.5. The summed E-state index contributed by atoms with van der Waals surface area (Å²) in [6.45, 7) is 1.83. The normalized spacial score (nSPS) is 17.6. The summed E-state index contributed by atoms with van der Waals surface area (Å²) in [7, 11) is -3.75. The fraction of sp³-hybridized carbons (Fsp3) is 0.217. The van der Waals surface area contributed by atoms with Gasteiger partial charge in [-0.25, -0.2) is 12.4 Å². The molecule has 1 saturated heterocycles. The molecule has 1 unspecified atom stereocenters. The van der Waals surface area contributed by atoms with E-state index in [1.54, 1.807) is 18.3 Å². The average Bonchev–Trinajstić information content (AvgIpc) is 3.20. The molecule has 6 heteroatoms. The fourth-order valence-corrected chi connectivity index (χ4v) is 5.62. The van der Waals surface area contributed by atoms with Crippen LogP contribution in [0.2, 0.25) is 0 Å². The van der Waals surface area contributed by atoms with Crippen molar-refractivity contribution in [2.75, 3.05) is 13.1 Å². The maximum atomic E-state index is 13.5. The van der Waals surface area contributed by atoms with Gasteiger partial charge in [-0.15, -0.1) is 0 Å². The molecule has 0 bridgehead atoms. The summed E-state index contributed by atoms with van der Waals surface area (Å²) in [5.41, 5.74) is 0.624. The number of aromatic nitrogens is 1. The van der Waals surface area contributed by atoms with Crippen LogP contribution in [-0.4, -0.2) is 31.6 Å². The molecule has 1 aliphatic heterocycles. The van der Waals surface area contributed by atoms with Crippen LogP contribution in [0.3, 0.4) is 0 Å². The second-order valence-electron chi connectivity index (χ2n) is 7.37. The zero-order valence-corrected chi connectivity index (χ0v) is 16.7. The lowest BCUT2D eigenvalue weighted by Crippen LogP contribution is -2.37. The molecule has 29 heavy (non-hydrogen) atoms. The van der Waals surface area contributed by atoms with Crippen LogP contribution in [0.5, 0.6) is 5.75 Å². The minimum absolute atomic E-state index is 0.104. The Balaban J connectivity index is 1.60. The van der Waals surface area contributed by atoms with Gasteiger partial charge < -0.3 is 10.1 Å². The highest BCUT2D eigenvalue weighted by Crippen LogP contribution is 2.32. The van der Waals surface area contributed by atoms with Gasteiger partial charge in [0.1, 0.15) is 11.9 Å². The van der Waals surface area contributed by atoms with Crippen LogP contribution < -0.4 is 10.1 Å². The van der Waals surface area contributed by atoms with Crippen LogP contribution in [0.25, 0.3) is 21.7 Å². The first kappa shape index (κ1) is 18.2. The van der Waals surface area contributed by atoms with Crippen molar-refractivity contribution in [3.8, 4) is 5.75 Å². The highest BCUT2D eigenvalue weighted by atomic mass is 32.2. The molecular weight excluding hydrogens is 384 g/mol. The van der Waals surface area contributed by atoms with E-state index in [0.717, 1.165) is 47.8 Å². The van der Waals surface area contributed by atoms with Crippen LogP contribution in [-0.2, 0) is 10.0 Å². The van der Waals surface area contributed by atoms with E-state index in [1.807, 2.05) is 54.6 Å². The molecule has 1 atom stereocenters. The SMILES string of the molecule is O=S(=O)(c1cccc2ccccc12)n1ccc2c(OC3CCCNC3)cccc21. The highest BCUT2D eigenvalue weighted by Gasteiger charge is 2.23. The van der Waals surface area contributed by atoms with Gasteiger partial charge in [0.2, 0.25) is 0 Å². The summed E-state index contributed by atoms with van der Waals surface area (Å²) in [6.07, 6.45) is 3.80. The summed E-state index contributed by atoms with van der Waals surface area (Å²) in [5, 5.41) is 5.77. The first-order chi connectivity index (χ1) is 14.1. The Labute approximate surface area is 170 Å². The Morgan fingerprint density at radius 3 is 2.62 bits per heavy atom. The van der Waals surface area contributed by atoms with Crippen molar-refractivity contribution < 1.29 is 13.2 Å². The maximum Gasteiger partial charge on any atom is 0.268 e. The summed E-state index contributed by atoms with van der Waals surface area (Å²) >= 11 is 0. The molecule has 1 aromatic heterocycles. The van der Waals surface area contributed by atoms with Gasteiger partial charge in [0.05, 0.1) is 10.4 Å². The molecule has 0 saturated carbocycles. The Morgan fingerprint density at radius 2 is 1.76 bits per heavy atom. The molecule has 2 heterocycles. The molecular formula is C23H22N2O3S. The van der Waals surface area contributed by atoms with Crippen molar-refractivity contribution in [1.82, 2.24) is 9.29 Å². The number of fused-ring (bicyclic) bond motifs is 2. The van der Waals surface area contributed by atoms with Crippen molar-refractivity contribution >= 4 is 31.7 Å². The fourth-order valence-electron chi connectivity index (χ4n) is 4.05. The van der Waals surface area contributed by atoms with Crippen LogP contribution >= 0.6 is 0 Å². The number of hydrogen-bond acceptors (Lipinski definition) is 4. The van der Waals surface area contributed by atoms with Crippen LogP contribution in [0.1, 0.15) is 12.8 Å². The van der Waals surface area contributed by atoms with Gasteiger partial charge in [-0.3, -0.25) is 0 Å². The first-order valence-corrected chi connectivity index (χ1v) is 11.3.